The number of benzene rings is 2. The van der Waals surface area contributed by atoms with E-state index in [9.17, 15) is 4.39 Å². The van der Waals surface area contributed by atoms with E-state index in [1.54, 1.807) is 7.11 Å². The van der Waals surface area contributed by atoms with Crippen molar-refractivity contribution in [1.82, 2.24) is 10.2 Å². The predicted molar refractivity (Wildman–Crippen MR) is 95.3 cm³/mol. The standard InChI is InChI=1S/C19H22ClFN2O/c1-24-18-8-5-15(20)13-17(18)19(14-3-6-16(21)7-4-14)23-11-2-9-22-10-12-23/h3-8,13,19,22H,2,9-12H2,1H3. The molecule has 1 unspecified atom stereocenters. The van der Waals surface area contributed by atoms with Gasteiger partial charge in [-0.25, -0.2) is 4.39 Å². The highest BCUT2D eigenvalue weighted by atomic mass is 35.5. The van der Waals surface area contributed by atoms with Crippen LogP contribution in [0.25, 0.3) is 0 Å². The second kappa shape index (κ2) is 7.97. The molecule has 5 heteroatoms. The molecule has 0 aliphatic carbocycles. The molecule has 2 aromatic rings. The van der Waals surface area contributed by atoms with E-state index in [1.807, 2.05) is 30.3 Å². The second-order valence-corrected chi connectivity index (χ2v) is 6.42. The fourth-order valence-electron chi connectivity index (χ4n) is 3.28. The molecule has 0 radical (unpaired) electrons. The molecule has 1 aliphatic heterocycles. The molecular formula is C19H22ClFN2O. The lowest BCUT2D eigenvalue weighted by Crippen LogP contribution is -2.33. The van der Waals surface area contributed by atoms with Crippen LogP contribution in [-0.2, 0) is 0 Å². The highest BCUT2D eigenvalue weighted by Gasteiger charge is 2.26. The monoisotopic (exact) mass is 348 g/mol. The van der Waals surface area contributed by atoms with Gasteiger partial charge in [-0.05, 0) is 48.9 Å². The molecule has 0 amide bonds. The van der Waals surface area contributed by atoms with Gasteiger partial charge in [-0.1, -0.05) is 23.7 Å². The minimum absolute atomic E-state index is 0.0147. The van der Waals surface area contributed by atoms with Crippen LogP contribution in [0.15, 0.2) is 42.5 Å². The normalized spacial score (nSPS) is 17.3. The zero-order chi connectivity index (χ0) is 16.9. The molecular weight excluding hydrogens is 327 g/mol. The third-order valence-corrected chi connectivity index (χ3v) is 4.65. The highest BCUT2D eigenvalue weighted by Crippen LogP contribution is 2.36. The smallest absolute Gasteiger partial charge is 0.124 e. The van der Waals surface area contributed by atoms with Crippen molar-refractivity contribution in [1.29, 1.82) is 0 Å². The third kappa shape index (κ3) is 3.89. The molecule has 2 aromatic carbocycles. The first-order valence-corrected chi connectivity index (χ1v) is 8.60. The highest BCUT2D eigenvalue weighted by molar-refractivity contribution is 6.30. The van der Waals surface area contributed by atoms with E-state index in [2.05, 4.69) is 10.2 Å². The van der Waals surface area contributed by atoms with E-state index < -0.39 is 0 Å². The van der Waals surface area contributed by atoms with Gasteiger partial charge in [0.1, 0.15) is 11.6 Å². The van der Waals surface area contributed by atoms with Gasteiger partial charge < -0.3 is 10.1 Å². The van der Waals surface area contributed by atoms with Crippen LogP contribution in [-0.4, -0.2) is 38.2 Å². The van der Waals surface area contributed by atoms with Gasteiger partial charge in [0.15, 0.2) is 0 Å². The first-order chi connectivity index (χ1) is 11.7. The summed E-state index contributed by atoms with van der Waals surface area (Å²) < 4.78 is 19.0. The Morgan fingerprint density at radius 1 is 1.12 bits per heavy atom. The summed E-state index contributed by atoms with van der Waals surface area (Å²) in [5.41, 5.74) is 2.05. The minimum Gasteiger partial charge on any atom is -0.496 e. The van der Waals surface area contributed by atoms with Crippen LogP contribution >= 0.6 is 11.6 Å². The second-order valence-electron chi connectivity index (χ2n) is 5.98. The lowest BCUT2D eigenvalue weighted by molar-refractivity contribution is 0.236. The lowest BCUT2D eigenvalue weighted by atomic mass is 9.95. The van der Waals surface area contributed by atoms with Crippen LogP contribution in [0.5, 0.6) is 5.75 Å². The summed E-state index contributed by atoms with van der Waals surface area (Å²) in [5.74, 6) is 0.569. The molecule has 1 aliphatic rings. The van der Waals surface area contributed by atoms with Crippen LogP contribution in [0, 0.1) is 5.82 Å². The van der Waals surface area contributed by atoms with Crippen molar-refractivity contribution in [3.8, 4) is 5.75 Å². The molecule has 3 rings (SSSR count). The average molecular weight is 349 g/mol. The number of nitrogens with zero attached hydrogens (tertiary/aromatic N) is 1. The van der Waals surface area contributed by atoms with Gasteiger partial charge in [0.05, 0.1) is 13.2 Å². The molecule has 128 valence electrons. The Kier molecular flexibility index (Phi) is 5.72. The largest absolute Gasteiger partial charge is 0.496 e. The Hall–Kier alpha value is -1.62. The molecule has 1 saturated heterocycles. The summed E-state index contributed by atoms with van der Waals surface area (Å²) in [4.78, 5) is 2.40. The molecule has 0 saturated carbocycles. The topological polar surface area (TPSA) is 24.5 Å². The van der Waals surface area contributed by atoms with Gasteiger partial charge in [0.25, 0.3) is 0 Å². The maximum absolute atomic E-state index is 13.4. The summed E-state index contributed by atoms with van der Waals surface area (Å²) in [5, 5.41) is 4.10. The lowest BCUT2D eigenvalue weighted by Gasteiger charge is -2.32. The Bertz CT molecular complexity index is 670. The summed E-state index contributed by atoms with van der Waals surface area (Å²) in [7, 11) is 1.67. The molecule has 1 N–H and O–H groups in total. The molecule has 1 atom stereocenters. The van der Waals surface area contributed by atoms with Crippen LogP contribution < -0.4 is 10.1 Å². The Balaban J connectivity index is 2.07. The third-order valence-electron chi connectivity index (χ3n) is 4.41. The van der Waals surface area contributed by atoms with Crippen molar-refractivity contribution in [2.75, 3.05) is 33.3 Å². The molecule has 0 spiro atoms. The zero-order valence-corrected chi connectivity index (χ0v) is 14.5. The van der Waals surface area contributed by atoms with Gasteiger partial charge in [-0.3, -0.25) is 4.90 Å². The van der Waals surface area contributed by atoms with Crippen molar-refractivity contribution in [3.05, 3.63) is 64.4 Å². The zero-order valence-electron chi connectivity index (χ0n) is 13.8. The van der Waals surface area contributed by atoms with Crippen molar-refractivity contribution in [2.24, 2.45) is 0 Å². The first kappa shape index (κ1) is 17.2. The first-order valence-electron chi connectivity index (χ1n) is 8.22. The Labute approximate surface area is 147 Å². The molecule has 1 heterocycles. The van der Waals surface area contributed by atoms with E-state index in [0.29, 0.717) is 5.02 Å². The van der Waals surface area contributed by atoms with E-state index in [-0.39, 0.29) is 11.9 Å². The molecule has 0 aromatic heterocycles. The molecule has 1 fully saturated rings. The number of methoxy groups -OCH3 is 1. The van der Waals surface area contributed by atoms with Crippen LogP contribution in [0.2, 0.25) is 5.02 Å². The number of rotatable bonds is 4. The number of ether oxygens (including phenoxy) is 1. The SMILES string of the molecule is COc1ccc(Cl)cc1C(c1ccc(F)cc1)N1CCCNCC1. The summed E-state index contributed by atoms with van der Waals surface area (Å²) in [6.45, 7) is 3.82. The van der Waals surface area contributed by atoms with E-state index in [0.717, 1.165) is 49.5 Å². The fraction of sp³-hybridized carbons (Fsp3) is 0.368. The molecule has 24 heavy (non-hydrogen) atoms. The minimum atomic E-state index is -0.229. The van der Waals surface area contributed by atoms with E-state index >= 15 is 0 Å². The fourth-order valence-corrected chi connectivity index (χ4v) is 3.46. The van der Waals surface area contributed by atoms with Crippen molar-refractivity contribution in [3.63, 3.8) is 0 Å². The maximum Gasteiger partial charge on any atom is 0.124 e. The van der Waals surface area contributed by atoms with Gasteiger partial charge >= 0.3 is 0 Å². The predicted octanol–water partition coefficient (Wildman–Crippen LogP) is 3.87. The summed E-state index contributed by atoms with van der Waals surface area (Å²) >= 11 is 6.26. The van der Waals surface area contributed by atoms with Crippen LogP contribution in [0.4, 0.5) is 4.39 Å². The van der Waals surface area contributed by atoms with Gasteiger partial charge in [0, 0.05) is 30.2 Å². The molecule has 0 bridgehead atoms. The molecule has 3 nitrogen and oxygen atoms in total. The van der Waals surface area contributed by atoms with Crippen LogP contribution in [0.3, 0.4) is 0 Å². The maximum atomic E-state index is 13.4. The van der Waals surface area contributed by atoms with E-state index in [4.69, 9.17) is 16.3 Å². The average Bonchev–Trinajstić information content (AvgIpc) is 2.86. The van der Waals surface area contributed by atoms with E-state index in [1.165, 1.54) is 12.1 Å². The van der Waals surface area contributed by atoms with Gasteiger partial charge in [-0.15, -0.1) is 0 Å². The van der Waals surface area contributed by atoms with Crippen LogP contribution in [0.1, 0.15) is 23.6 Å². The summed E-state index contributed by atoms with van der Waals surface area (Å²) in [6.07, 6.45) is 1.07. The summed E-state index contributed by atoms with van der Waals surface area (Å²) in [6, 6.07) is 12.4. The number of hydrogen-bond donors (Lipinski definition) is 1. The number of nitrogens with one attached hydrogen (secondary N) is 1. The van der Waals surface area contributed by atoms with Gasteiger partial charge in [0.2, 0.25) is 0 Å². The Morgan fingerprint density at radius 3 is 2.67 bits per heavy atom. The van der Waals surface area contributed by atoms with Crippen molar-refractivity contribution in [2.45, 2.75) is 12.5 Å². The van der Waals surface area contributed by atoms with Crippen molar-refractivity contribution >= 4 is 11.6 Å². The Morgan fingerprint density at radius 2 is 1.92 bits per heavy atom. The number of hydrogen-bond acceptors (Lipinski definition) is 3. The van der Waals surface area contributed by atoms with Gasteiger partial charge in [-0.2, -0.15) is 0 Å². The quantitative estimate of drug-likeness (QED) is 0.907. The number of halogens is 2. The van der Waals surface area contributed by atoms with Crippen molar-refractivity contribution < 1.29 is 9.13 Å².